The molecule has 9 aromatic rings. The summed E-state index contributed by atoms with van der Waals surface area (Å²) in [6, 6.07) is 22.7. The average Bonchev–Trinajstić information content (AvgIpc) is 1.67. The van der Waals surface area contributed by atoms with Crippen molar-refractivity contribution in [1.29, 1.82) is 0 Å². The summed E-state index contributed by atoms with van der Waals surface area (Å²) in [5.41, 5.74) is 0.377. The zero-order valence-electron chi connectivity index (χ0n) is 77.0. The van der Waals surface area contributed by atoms with Crippen molar-refractivity contribution in [2.45, 2.75) is 168 Å². The molecule has 0 bridgehead atoms. The van der Waals surface area contributed by atoms with Gasteiger partial charge in [-0.2, -0.15) is 0 Å². The van der Waals surface area contributed by atoms with Gasteiger partial charge in [0.1, 0.15) is 97.9 Å². The number of ketones is 5. The van der Waals surface area contributed by atoms with Crippen molar-refractivity contribution >= 4 is 119 Å². The third-order valence-electron chi connectivity index (χ3n) is 27.2. The van der Waals surface area contributed by atoms with Gasteiger partial charge in [-0.05, 0) is 160 Å². The second-order valence-electron chi connectivity index (χ2n) is 35.9. The van der Waals surface area contributed by atoms with Crippen LogP contribution in [0.25, 0.3) is 32.3 Å². The normalized spacial score (nSPS) is 22.3. The van der Waals surface area contributed by atoms with Gasteiger partial charge in [-0.1, -0.05) is 54.6 Å². The first-order chi connectivity index (χ1) is 65.0. The molecule has 0 radical (unpaired) electrons. The molecular weight excluding hydrogens is 1800 g/mol. The van der Waals surface area contributed by atoms with Gasteiger partial charge >= 0.3 is 5.97 Å². The number of rotatable bonds is 30. The van der Waals surface area contributed by atoms with Crippen molar-refractivity contribution in [2.24, 2.45) is 34.0 Å². The molecule has 3 N–H and O–H groups in total. The van der Waals surface area contributed by atoms with E-state index in [1.807, 2.05) is 93.6 Å². The Morgan fingerprint density at radius 3 is 1.01 bits per heavy atom. The number of fused-ring (bicyclic) bond motifs is 3. The number of amides is 6. The summed E-state index contributed by atoms with van der Waals surface area (Å²) in [4.78, 5) is 181. The van der Waals surface area contributed by atoms with E-state index in [-0.39, 0.29) is 148 Å². The highest BCUT2D eigenvalue weighted by atomic mass is 32.1. The van der Waals surface area contributed by atoms with Gasteiger partial charge in [0.15, 0.2) is 23.1 Å². The van der Waals surface area contributed by atoms with Gasteiger partial charge in [0.25, 0.3) is 0 Å². The van der Waals surface area contributed by atoms with Crippen LogP contribution in [0.1, 0.15) is 188 Å². The first kappa shape index (κ1) is 96.3. The summed E-state index contributed by atoms with van der Waals surface area (Å²) < 4.78 is 75.3. The monoisotopic (exact) mass is 1910 g/mol. The molecule has 9 aliphatic rings. The molecule has 34 nitrogen and oxygen atoms in total. The van der Waals surface area contributed by atoms with E-state index in [0.717, 1.165) is 29.5 Å². The Morgan fingerprint density at radius 1 is 0.444 bits per heavy atom. The number of ether oxygens (including phenoxy) is 10. The molecule has 6 fully saturated rings. The quantitative estimate of drug-likeness (QED) is 0.0278. The molecule has 3 aromatic carbocycles. The molecule has 18 rings (SSSR count). The van der Waals surface area contributed by atoms with Gasteiger partial charge in [0.05, 0.1) is 128 Å². The highest BCUT2D eigenvalue weighted by molar-refractivity contribution is 7.21. The number of nitrogens with zero attached hydrogens (tertiary/aromatic N) is 6. The first-order valence-corrected chi connectivity index (χ1v) is 47.6. The third kappa shape index (κ3) is 19.0. The fraction of sp³-hybridized carbons (Fsp3) is 0.480. The molecule has 6 aromatic heterocycles. The number of esters is 1. The van der Waals surface area contributed by atoms with E-state index in [1.165, 1.54) is 92.3 Å². The fourth-order valence-corrected chi connectivity index (χ4v) is 23.1. The van der Waals surface area contributed by atoms with E-state index < -0.39 is 69.7 Å². The SMILES string of the molecule is COC(=O)CNC(=O)C1CC2(C1)C(=O)c1c(sc(-c3ncco3)c1C)N(C[C@H](OC1CCOCC1)c1ccccc1OC)C2=O.COc1ccccc1[C@H](CN1C(=O)C2(CC(C(=O)NC(C)(C)C(C)=O)C2)C(=O)c2c1sc(-c1ncco1)c2C)OC1CCOCC1.COc1ccccc1[C@H](CN1C(=O)C2(CC(C(=O)NCC(C)=O)C2)C(=O)c2c1sc(-c1ncco1)c2C)OC1CCOCC1. The molecule has 3 atom stereocenters. The van der Waals surface area contributed by atoms with Gasteiger partial charge in [0.2, 0.25) is 53.1 Å². The fourth-order valence-electron chi connectivity index (χ4n) is 19.3. The van der Waals surface area contributed by atoms with Crippen LogP contribution in [-0.4, -0.2) is 210 Å². The summed E-state index contributed by atoms with van der Waals surface area (Å²) in [5.74, 6) is -2.83. The maximum atomic E-state index is 14.7. The predicted molar refractivity (Wildman–Crippen MR) is 493 cm³/mol. The lowest BCUT2D eigenvalue weighted by Crippen LogP contribution is -2.63. The van der Waals surface area contributed by atoms with E-state index in [0.29, 0.717) is 163 Å². The molecule has 714 valence electrons. The highest BCUT2D eigenvalue weighted by Crippen LogP contribution is 2.62. The van der Waals surface area contributed by atoms with Crippen molar-refractivity contribution in [3.63, 3.8) is 0 Å². The number of hydrogen-bond acceptors (Lipinski definition) is 31. The summed E-state index contributed by atoms with van der Waals surface area (Å²) >= 11 is 3.85. The van der Waals surface area contributed by atoms with E-state index in [1.54, 1.807) is 49.9 Å². The van der Waals surface area contributed by atoms with Crippen molar-refractivity contribution in [3.8, 4) is 49.6 Å². The van der Waals surface area contributed by atoms with Crippen LogP contribution < -0.4 is 44.9 Å². The number of benzene rings is 3. The first-order valence-electron chi connectivity index (χ1n) is 45.2. The predicted octanol–water partition coefficient (Wildman–Crippen LogP) is 13.2. The van der Waals surface area contributed by atoms with E-state index in [4.69, 9.17) is 55.9 Å². The van der Waals surface area contributed by atoms with Crippen LogP contribution in [0.3, 0.4) is 0 Å². The van der Waals surface area contributed by atoms with E-state index >= 15 is 0 Å². The molecule has 12 heterocycles. The number of anilines is 3. The van der Waals surface area contributed by atoms with Crippen LogP contribution in [0, 0.1) is 54.8 Å². The molecule has 0 unspecified atom stereocenters. The highest BCUT2D eigenvalue weighted by Gasteiger charge is 2.66. The standard InChI is InChI=1S/C34H39N3O8S.C32H35N3O9S.C32H35N3O8S/c1-19-26-28(39)34(16-21(17-34)29(40)36-33(3,4)20(2)38)32(41)37(31(26)46-27(19)30-35-12-15-44-30)18-25(45-22-10-13-43-14-11-22)23-8-6-7-9-24(23)42-5;1-18-25-27(37)32(14-19(15-32)28(38)34-16-24(36)41-3)31(39)35(30(25)45-26(18)29-33-10-13-43-29)17-23(44-20-8-11-42-12-9-20)21-6-4-5-7-22(21)40-2;1-18(36)16-34-28(38)20-14-32(15-20)27(37)25-19(2)26(29-33-10-13-42-29)44-30(25)35(31(32)39)17-24(43-21-8-11-41-12-9-21)22-6-4-5-7-23(22)40-3/h6-9,12,15,21-22,25H,10-11,13-14,16-18H2,1-5H3,(H,36,40);4-7,10,13,19-20,23H,8-9,11-12,14-17H2,1-3H3,(H,34,38);4-7,10,13,20-21,24H,8-9,11-12,14-17H2,1-3H3,(H,34,38)/t21?,25-,34?;19?,23-,32?;20?,24-,32?/m000/s1. The minimum Gasteiger partial charge on any atom is -0.496 e. The summed E-state index contributed by atoms with van der Waals surface area (Å²) in [5, 5.41) is 9.49. The third-order valence-corrected chi connectivity index (χ3v) is 31.1. The number of carbonyl (C=O) groups is 12. The van der Waals surface area contributed by atoms with E-state index in [9.17, 15) is 57.5 Å². The molecule has 6 aliphatic heterocycles. The molecule has 3 aliphatic carbocycles. The Morgan fingerprint density at radius 2 is 0.741 bits per heavy atom. The smallest absolute Gasteiger partial charge is 0.325 e. The number of methoxy groups -OCH3 is 4. The van der Waals surface area contributed by atoms with Gasteiger partial charge in [0, 0.05) is 74.1 Å². The van der Waals surface area contributed by atoms with Crippen LogP contribution in [-0.2, 0) is 76.3 Å². The molecule has 3 saturated heterocycles. The Labute approximate surface area is 790 Å². The summed E-state index contributed by atoms with van der Waals surface area (Å²) in [7, 11) is 6.02. The van der Waals surface area contributed by atoms with Crippen molar-refractivity contribution < 1.29 is 118 Å². The number of para-hydroxylation sites is 3. The number of oxazole rings is 3. The topological polar surface area (TPSA) is 421 Å². The second-order valence-corrected chi connectivity index (χ2v) is 38.9. The lowest BCUT2D eigenvalue weighted by molar-refractivity contribution is -0.145. The van der Waals surface area contributed by atoms with Crippen LogP contribution in [0.2, 0.25) is 0 Å². The Hall–Kier alpha value is -11.8. The number of hydrogen-bond donors (Lipinski definition) is 3. The molecule has 3 saturated carbocycles. The van der Waals surface area contributed by atoms with Crippen LogP contribution in [0.15, 0.2) is 123 Å². The Kier molecular flexibility index (Phi) is 29.0. The van der Waals surface area contributed by atoms with Gasteiger partial charge < -0.3 is 76.6 Å². The lowest BCUT2D eigenvalue weighted by Gasteiger charge is -2.49. The van der Waals surface area contributed by atoms with Gasteiger partial charge in [-0.3, -0.25) is 72.2 Å². The maximum absolute atomic E-state index is 14.7. The number of carbonyl (C=O) groups excluding carboxylic acids is 12. The van der Waals surface area contributed by atoms with Crippen molar-refractivity contribution in [3.05, 3.63) is 160 Å². The molecule has 135 heavy (non-hydrogen) atoms. The maximum Gasteiger partial charge on any atom is 0.325 e. The zero-order chi connectivity index (χ0) is 95.5. The molecular formula is C98H109N9O25S3. The van der Waals surface area contributed by atoms with Gasteiger partial charge in [-0.25, -0.2) is 15.0 Å². The second kappa shape index (κ2) is 40.6. The minimum atomic E-state index is -1.43. The van der Waals surface area contributed by atoms with Crippen molar-refractivity contribution in [2.75, 3.05) is 116 Å². The molecule has 37 heteroatoms. The number of aromatic nitrogens is 3. The minimum absolute atomic E-state index is 0.0252. The lowest BCUT2D eigenvalue weighted by atomic mass is 9.56. The number of nitrogens with one attached hydrogen (secondary N) is 3. The Bertz CT molecular complexity index is 5940. The van der Waals surface area contributed by atoms with E-state index in [2.05, 4.69) is 35.6 Å². The average molecular weight is 1910 g/mol. The molecule has 6 amide bonds. The van der Waals surface area contributed by atoms with Crippen molar-refractivity contribution in [1.82, 2.24) is 30.9 Å². The van der Waals surface area contributed by atoms with Crippen LogP contribution in [0.5, 0.6) is 17.2 Å². The largest absolute Gasteiger partial charge is 0.496 e. The zero-order valence-corrected chi connectivity index (χ0v) is 79.4. The van der Waals surface area contributed by atoms with Crippen LogP contribution >= 0.6 is 34.0 Å². The number of Topliss-reactive ketones (excluding diaryl/α,β-unsaturated/α-hetero) is 5. The summed E-state index contributed by atoms with van der Waals surface area (Å²) in [6.07, 6.45) is 11.6. The van der Waals surface area contributed by atoms with Gasteiger partial charge in [-0.15, -0.1) is 34.0 Å². The van der Waals surface area contributed by atoms with Crippen LogP contribution in [0.4, 0.5) is 15.0 Å². The summed E-state index contributed by atoms with van der Waals surface area (Å²) in [6.45, 7) is 15.1. The Balaban J connectivity index is 0.000000147. The number of thiophene rings is 3. The molecule has 3 spiro atoms.